The van der Waals surface area contributed by atoms with E-state index in [1.54, 1.807) is 0 Å². The van der Waals surface area contributed by atoms with Crippen LogP contribution in [0.2, 0.25) is 19.0 Å². The molecule has 0 spiro atoms. The fraction of sp³-hybridized carbons (Fsp3) is 1.00. The first-order chi connectivity index (χ1) is 3.35. The van der Waals surface area contributed by atoms with Gasteiger partial charge in [-0.2, -0.15) is 0 Å². The van der Waals surface area contributed by atoms with Crippen LogP contribution < -0.4 is 0 Å². The van der Waals surface area contributed by atoms with Gasteiger partial charge in [0.25, 0.3) is 0 Å². The quantitative estimate of drug-likeness (QED) is 0.507. The molecule has 0 nitrogen and oxygen atoms in total. The van der Waals surface area contributed by atoms with E-state index in [0.717, 1.165) is 6.71 Å². The molecule has 46 valence electrons. The monoisotopic (exact) mass is 124 g/mol. The normalized spacial score (nSPS) is 7.88. The van der Waals surface area contributed by atoms with Gasteiger partial charge in [0.15, 0.2) is 0 Å². The van der Waals surface area contributed by atoms with E-state index in [-0.39, 0.29) is 25.9 Å². The molecule has 8 heavy (non-hydrogen) atoms. The molecule has 0 unspecified atom stereocenters. The minimum absolute atomic E-state index is 0. The molecule has 2 heteroatoms. The van der Waals surface area contributed by atoms with Crippen LogP contribution in [0.4, 0.5) is 0 Å². The second kappa shape index (κ2) is 7.83. The molecule has 0 atom stereocenters. The average molecular weight is 124 g/mol. The molecule has 0 saturated heterocycles. The van der Waals surface area contributed by atoms with Gasteiger partial charge in [0, 0.05) is 0 Å². The summed E-state index contributed by atoms with van der Waals surface area (Å²) >= 11 is 0. The molecular formula is C6H17BMg. The maximum atomic E-state index is 2.26. The van der Waals surface area contributed by atoms with Crippen LogP contribution in [0.3, 0.4) is 0 Å². The molecule has 0 radical (unpaired) electrons. The first-order valence-electron chi connectivity index (χ1n) is 3.35. The summed E-state index contributed by atoms with van der Waals surface area (Å²) in [6.45, 7) is 7.77. The number of hydrogen-bond donors (Lipinski definition) is 0. The largest absolute Gasteiger partial charge is 2.00 e. The van der Waals surface area contributed by atoms with Crippen LogP contribution in [0.5, 0.6) is 0 Å². The zero-order chi connectivity index (χ0) is 5.70. The predicted octanol–water partition coefficient (Wildman–Crippen LogP) is 2.39. The molecule has 0 saturated carbocycles. The Kier molecular flexibility index (Phi) is 11.4. The first kappa shape index (κ1) is 11.6. The van der Waals surface area contributed by atoms with Crippen LogP contribution in [-0.4, -0.2) is 29.8 Å². The van der Waals surface area contributed by atoms with Crippen LogP contribution in [0.1, 0.15) is 23.6 Å². The summed E-state index contributed by atoms with van der Waals surface area (Å²) in [6, 6.07) is 0. The van der Waals surface area contributed by atoms with Crippen molar-refractivity contribution in [2.24, 2.45) is 0 Å². The molecular weight excluding hydrogens is 107 g/mol. The first-order valence-corrected chi connectivity index (χ1v) is 3.35. The van der Waals surface area contributed by atoms with Gasteiger partial charge in [0.05, 0.1) is 0 Å². The molecule has 0 rings (SSSR count). The molecule has 0 aromatic rings. The topological polar surface area (TPSA) is 0 Å². The number of rotatable bonds is 3. The van der Waals surface area contributed by atoms with Crippen molar-refractivity contribution in [2.75, 3.05) is 0 Å². The Bertz CT molecular complexity index is 37.2. The SMILES string of the molecule is CCB(CC)CC.[H-].[H-].[Mg+2]. The Balaban J connectivity index is -0.0000000600. The van der Waals surface area contributed by atoms with E-state index in [1.165, 1.54) is 19.0 Å². The summed E-state index contributed by atoms with van der Waals surface area (Å²) in [5.74, 6) is 0. The molecule has 0 heterocycles. The molecule has 0 fully saturated rings. The second-order valence-corrected chi connectivity index (χ2v) is 2.09. The summed E-state index contributed by atoms with van der Waals surface area (Å²) in [5.41, 5.74) is 0. The van der Waals surface area contributed by atoms with Crippen molar-refractivity contribution in [2.45, 2.75) is 39.7 Å². The van der Waals surface area contributed by atoms with Crippen LogP contribution in [0, 0.1) is 0 Å². The Morgan fingerprint density at radius 1 is 1.00 bits per heavy atom. The zero-order valence-electron chi connectivity index (χ0n) is 8.41. The van der Waals surface area contributed by atoms with Crippen LogP contribution >= 0.6 is 0 Å². The van der Waals surface area contributed by atoms with Gasteiger partial charge in [-0.1, -0.05) is 39.7 Å². The van der Waals surface area contributed by atoms with Crippen molar-refractivity contribution in [1.29, 1.82) is 0 Å². The Labute approximate surface area is 72.6 Å². The van der Waals surface area contributed by atoms with Crippen molar-refractivity contribution in [3.8, 4) is 0 Å². The minimum atomic E-state index is 0. The standard InChI is InChI=1S/C6H15B.Mg.2H/c1-4-7(5-2)6-3;;;/h4-6H2,1-3H3;;;/q;+2;2*-1. The summed E-state index contributed by atoms with van der Waals surface area (Å²) < 4.78 is 0. The van der Waals surface area contributed by atoms with Crippen molar-refractivity contribution in [3.05, 3.63) is 0 Å². The van der Waals surface area contributed by atoms with E-state index >= 15 is 0 Å². The van der Waals surface area contributed by atoms with Gasteiger partial charge in [-0.15, -0.1) is 0 Å². The van der Waals surface area contributed by atoms with Gasteiger partial charge in [0.1, 0.15) is 6.71 Å². The van der Waals surface area contributed by atoms with Crippen LogP contribution in [0.15, 0.2) is 0 Å². The third kappa shape index (κ3) is 4.98. The maximum absolute atomic E-state index is 2.26. The summed E-state index contributed by atoms with van der Waals surface area (Å²) in [4.78, 5) is 0. The van der Waals surface area contributed by atoms with Gasteiger partial charge in [-0.25, -0.2) is 0 Å². The molecule has 0 aromatic carbocycles. The maximum Gasteiger partial charge on any atom is 2.00 e. The molecule has 0 aliphatic heterocycles. The van der Waals surface area contributed by atoms with Crippen molar-refractivity contribution >= 4 is 29.8 Å². The van der Waals surface area contributed by atoms with Gasteiger partial charge in [0.2, 0.25) is 0 Å². The van der Waals surface area contributed by atoms with E-state index in [0.29, 0.717) is 0 Å². The number of hydrogen-bond acceptors (Lipinski definition) is 0. The fourth-order valence-electron chi connectivity index (χ4n) is 0.866. The van der Waals surface area contributed by atoms with Gasteiger partial charge < -0.3 is 2.85 Å². The van der Waals surface area contributed by atoms with Crippen molar-refractivity contribution in [1.82, 2.24) is 0 Å². The molecule has 0 bridgehead atoms. The van der Waals surface area contributed by atoms with Crippen LogP contribution in [-0.2, 0) is 0 Å². The molecule has 0 aromatic heterocycles. The molecule has 0 N–H and O–H groups in total. The molecule has 0 amide bonds. The smallest absolute Gasteiger partial charge is 1.00 e. The van der Waals surface area contributed by atoms with Gasteiger partial charge in [-0.05, 0) is 0 Å². The molecule has 0 aliphatic rings. The van der Waals surface area contributed by atoms with E-state index in [1.807, 2.05) is 0 Å². The van der Waals surface area contributed by atoms with E-state index in [2.05, 4.69) is 20.8 Å². The van der Waals surface area contributed by atoms with Gasteiger partial charge >= 0.3 is 23.1 Å². The van der Waals surface area contributed by atoms with E-state index in [9.17, 15) is 0 Å². The van der Waals surface area contributed by atoms with E-state index in [4.69, 9.17) is 0 Å². The Morgan fingerprint density at radius 3 is 1.25 bits per heavy atom. The van der Waals surface area contributed by atoms with Crippen molar-refractivity contribution in [3.63, 3.8) is 0 Å². The third-order valence-corrected chi connectivity index (χ3v) is 1.73. The summed E-state index contributed by atoms with van der Waals surface area (Å²) in [5, 5.41) is 0. The summed E-state index contributed by atoms with van der Waals surface area (Å²) in [6.07, 6.45) is 4.06. The predicted molar refractivity (Wildman–Crippen MR) is 45.2 cm³/mol. The van der Waals surface area contributed by atoms with Gasteiger partial charge in [-0.3, -0.25) is 0 Å². The summed E-state index contributed by atoms with van der Waals surface area (Å²) in [7, 11) is 0. The molecule has 0 aliphatic carbocycles. The Morgan fingerprint density at radius 2 is 1.25 bits per heavy atom. The van der Waals surface area contributed by atoms with Crippen molar-refractivity contribution < 1.29 is 2.85 Å². The third-order valence-electron chi connectivity index (χ3n) is 1.73. The zero-order valence-corrected chi connectivity index (χ0v) is 7.82. The van der Waals surface area contributed by atoms with E-state index < -0.39 is 0 Å². The van der Waals surface area contributed by atoms with Crippen LogP contribution in [0.25, 0.3) is 0 Å². The second-order valence-electron chi connectivity index (χ2n) is 2.09. The fourth-order valence-corrected chi connectivity index (χ4v) is 0.866. The average Bonchev–Trinajstić information content (AvgIpc) is 1.72. The minimum Gasteiger partial charge on any atom is -1.00 e. The Hall–Kier alpha value is 0.831.